The number of carboxylic acids is 1. The molecule has 0 rings (SSSR count). The lowest BCUT2D eigenvalue weighted by Crippen LogP contribution is -1.93. The minimum absolute atomic E-state index is 0.0179. The molecule has 0 aliphatic carbocycles. The summed E-state index contributed by atoms with van der Waals surface area (Å²) in [7, 11) is 0. The highest BCUT2D eigenvalue weighted by molar-refractivity contribution is 5.70. The summed E-state index contributed by atoms with van der Waals surface area (Å²) in [4.78, 5) is 12.4. The maximum Gasteiger partial charge on any atom is 0.303 e. The summed E-state index contributed by atoms with van der Waals surface area (Å²) in [5, 5.41) is 8.00. The third-order valence-corrected chi connectivity index (χ3v) is 0.569. The topological polar surface area (TPSA) is 73.7 Å². The van der Waals surface area contributed by atoms with Crippen molar-refractivity contribution in [2.45, 2.75) is 12.8 Å². The number of rotatable bonds is 3. The van der Waals surface area contributed by atoms with Crippen molar-refractivity contribution in [2.75, 3.05) is 0 Å². The van der Waals surface area contributed by atoms with E-state index in [1.54, 1.807) is 0 Å². The van der Waals surface area contributed by atoms with Gasteiger partial charge in [0.05, 0.1) is 12.8 Å². The third-order valence-electron chi connectivity index (χ3n) is 0.569. The van der Waals surface area contributed by atoms with Crippen LogP contribution in [-0.4, -0.2) is 22.1 Å². The Balaban J connectivity index is 3.18. The Hall–Kier alpha value is -1.15. The van der Waals surface area contributed by atoms with Gasteiger partial charge >= 0.3 is 5.97 Å². The molecule has 0 aliphatic heterocycles. The van der Waals surface area contributed by atoms with Gasteiger partial charge in [-0.3, -0.25) is 4.79 Å². The molecule has 0 spiro atoms. The molecular formula is C4H6N2O2. The number of carboxylic acid groups (broad SMARTS) is 1. The molecule has 0 saturated heterocycles. The average Bonchev–Trinajstić information content (AvgIpc) is 1.66. The molecule has 44 valence electrons. The molecule has 0 unspecified atom stereocenters. The van der Waals surface area contributed by atoms with E-state index in [0.29, 0.717) is 0 Å². The SMILES string of the molecule is [N-]=[N+]=CCCC(=O)O. The molecular weight excluding hydrogens is 108 g/mol. The Morgan fingerprint density at radius 2 is 2.50 bits per heavy atom. The second-order valence-electron chi connectivity index (χ2n) is 1.23. The zero-order valence-electron chi connectivity index (χ0n) is 4.24. The van der Waals surface area contributed by atoms with Crippen LogP contribution in [0.5, 0.6) is 0 Å². The molecule has 4 nitrogen and oxygen atoms in total. The number of hydrogen-bond donors (Lipinski definition) is 1. The highest BCUT2D eigenvalue weighted by Gasteiger charge is 1.93. The highest BCUT2D eigenvalue weighted by Crippen LogP contribution is 1.80. The average molecular weight is 114 g/mol. The van der Waals surface area contributed by atoms with E-state index in [1.807, 2.05) is 0 Å². The van der Waals surface area contributed by atoms with E-state index in [0.717, 1.165) is 6.21 Å². The molecule has 0 aromatic heterocycles. The van der Waals surface area contributed by atoms with Crippen molar-refractivity contribution in [3.05, 3.63) is 5.53 Å². The van der Waals surface area contributed by atoms with Crippen molar-refractivity contribution in [1.29, 1.82) is 0 Å². The Kier molecular flexibility index (Phi) is 3.44. The number of carbonyl (C=O) groups is 1. The van der Waals surface area contributed by atoms with Gasteiger partial charge in [-0.1, -0.05) is 0 Å². The predicted octanol–water partition coefficient (Wildman–Crippen LogP) is 0.152. The molecule has 0 atom stereocenters. The van der Waals surface area contributed by atoms with Crippen molar-refractivity contribution in [3.8, 4) is 0 Å². The lowest BCUT2D eigenvalue weighted by molar-refractivity contribution is -0.137. The molecule has 4 heteroatoms. The monoisotopic (exact) mass is 114 g/mol. The normalized spacial score (nSPS) is 7.50. The fourth-order valence-corrected chi connectivity index (χ4v) is 0.246. The molecule has 0 saturated carbocycles. The van der Waals surface area contributed by atoms with Crippen LogP contribution in [0.2, 0.25) is 0 Å². The standard InChI is InChI=1S/C4H6N2O2/c5-6-3-1-2-4(7)8/h3H,1-2H2,(H,7,8). The van der Waals surface area contributed by atoms with Gasteiger partial charge in [-0.05, 0) is 0 Å². The Morgan fingerprint density at radius 3 is 2.88 bits per heavy atom. The molecule has 0 aromatic rings. The van der Waals surface area contributed by atoms with Crippen molar-refractivity contribution >= 4 is 12.2 Å². The summed E-state index contributed by atoms with van der Waals surface area (Å²) in [5.41, 5.74) is 7.76. The van der Waals surface area contributed by atoms with E-state index in [1.165, 1.54) is 0 Å². The van der Waals surface area contributed by atoms with Crippen LogP contribution in [0.15, 0.2) is 0 Å². The van der Waals surface area contributed by atoms with Gasteiger partial charge in [0.25, 0.3) is 6.21 Å². The Morgan fingerprint density at radius 1 is 1.88 bits per heavy atom. The summed E-state index contributed by atoms with van der Waals surface area (Å²) < 4.78 is 0. The van der Waals surface area contributed by atoms with Crippen LogP contribution in [-0.2, 0) is 4.79 Å². The molecule has 0 aromatic carbocycles. The van der Waals surface area contributed by atoms with Crippen LogP contribution in [0.3, 0.4) is 0 Å². The van der Waals surface area contributed by atoms with Crippen molar-refractivity contribution in [1.82, 2.24) is 0 Å². The summed E-state index contributed by atoms with van der Waals surface area (Å²) in [6, 6.07) is 0. The molecule has 0 radical (unpaired) electrons. The van der Waals surface area contributed by atoms with E-state index in [9.17, 15) is 4.79 Å². The van der Waals surface area contributed by atoms with Gasteiger partial charge in [-0.15, -0.1) is 0 Å². The quantitative estimate of drug-likeness (QED) is 0.322. The van der Waals surface area contributed by atoms with Gasteiger partial charge in [-0.25, -0.2) is 0 Å². The van der Waals surface area contributed by atoms with E-state index in [-0.39, 0.29) is 12.8 Å². The molecule has 0 bridgehead atoms. The fourth-order valence-electron chi connectivity index (χ4n) is 0.246. The lowest BCUT2D eigenvalue weighted by Gasteiger charge is -1.78. The smallest absolute Gasteiger partial charge is 0.303 e. The van der Waals surface area contributed by atoms with E-state index in [2.05, 4.69) is 4.79 Å². The van der Waals surface area contributed by atoms with Gasteiger partial charge in [0.2, 0.25) is 0 Å². The summed E-state index contributed by atoms with van der Waals surface area (Å²) in [6.45, 7) is 0. The predicted molar refractivity (Wildman–Crippen MR) is 26.6 cm³/mol. The summed E-state index contributed by atoms with van der Waals surface area (Å²) >= 11 is 0. The van der Waals surface area contributed by atoms with Gasteiger partial charge in [-0.2, -0.15) is 4.79 Å². The van der Waals surface area contributed by atoms with Crippen LogP contribution < -0.4 is 0 Å². The summed E-state index contributed by atoms with van der Waals surface area (Å²) in [5.74, 6) is -0.884. The second kappa shape index (κ2) is 4.02. The second-order valence-corrected chi connectivity index (χ2v) is 1.23. The third kappa shape index (κ3) is 4.85. The highest BCUT2D eigenvalue weighted by atomic mass is 16.4. The first kappa shape index (κ1) is 6.85. The van der Waals surface area contributed by atoms with E-state index in [4.69, 9.17) is 10.6 Å². The van der Waals surface area contributed by atoms with E-state index >= 15 is 0 Å². The first-order valence-corrected chi connectivity index (χ1v) is 2.15. The van der Waals surface area contributed by atoms with Crippen LogP contribution in [0.4, 0.5) is 0 Å². The lowest BCUT2D eigenvalue weighted by atomic mass is 10.3. The first-order chi connectivity index (χ1) is 3.77. The van der Waals surface area contributed by atoms with Crippen LogP contribution >= 0.6 is 0 Å². The molecule has 0 amide bonds. The van der Waals surface area contributed by atoms with Crippen molar-refractivity contribution < 1.29 is 14.7 Å². The van der Waals surface area contributed by atoms with E-state index < -0.39 is 5.97 Å². The maximum atomic E-state index is 9.73. The number of aliphatic carboxylic acids is 1. The number of nitrogens with zero attached hydrogens (tertiary/aromatic N) is 2. The molecule has 0 heterocycles. The zero-order chi connectivity index (χ0) is 6.41. The molecule has 0 fully saturated rings. The summed E-state index contributed by atoms with van der Waals surface area (Å²) in [6.07, 6.45) is 1.45. The van der Waals surface area contributed by atoms with Gasteiger partial charge < -0.3 is 10.6 Å². The molecule has 0 aliphatic rings. The minimum Gasteiger partial charge on any atom is -0.481 e. The van der Waals surface area contributed by atoms with Gasteiger partial charge in [0.1, 0.15) is 0 Å². The van der Waals surface area contributed by atoms with Gasteiger partial charge in [0.15, 0.2) is 0 Å². The Bertz CT molecular complexity index is 124. The van der Waals surface area contributed by atoms with Crippen LogP contribution in [0, 0.1) is 0 Å². The van der Waals surface area contributed by atoms with Crippen LogP contribution in [0.25, 0.3) is 5.53 Å². The van der Waals surface area contributed by atoms with Crippen molar-refractivity contribution in [2.24, 2.45) is 0 Å². The molecule has 1 N–H and O–H groups in total. The van der Waals surface area contributed by atoms with Gasteiger partial charge in [0, 0.05) is 0 Å². The zero-order valence-corrected chi connectivity index (χ0v) is 4.24. The first-order valence-electron chi connectivity index (χ1n) is 2.15. The minimum atomic E-state index is -0.884. The van der Waals surface area contributed by atoms with Crippen LogP contribution in [0.1, 0.15) is 12.8 Å². The molecule has 8 heavy (non-hydrogen) atoms. The largest absolute Gasteiger partial charge is 0.481 e. The maximum absolute atomic E-state index is 9.73. The fraction of sp³-hybridized carbons (Fsp3) is 0.500. The number of hydrogen-bond acceptors (Lipinski definition) is 1. The van der Waals surface area contributed by atoms with Crippen molar-refractivity contribution in [3.63, 3.8) is 0 Å². The Labute approximate surface area is 46.4 Å².